The van der Waals surface area contributed by atoms with E-state index >= 15 is 0 Å². The van der Waals surface area contributed by atoms with Gasteiger partial charge < -0.3 is 4.42 Å². The van der Waals surface area contributed by atoms with Crippen LogP contribution < -0.4 is 0 Å². The van der Waals surface area contributed by atoms with E-state index in [1.54, 1.807) is 0 Å². The van der Waals surface area contributed by atoms with Crippen LogP contribution in [0.15, 0.2) is 47.4 Å². The molecule has 2 aromatic carbocycles. The number of rotatable bonds is 1. The van der Waals surface area contributed by atoms with Crippen molar-refractivity contribution in [1.29, 1.82) is 0 Å². The molecule has 0 aliphatic rings. The van der Waals surface area contributed by atoms with Crippen LogP contribution in [0.4, 0.5) is 0 Å². The molecule has 0 aliphatic heterocycles. The molecule has 0 radical (unpaired) electrons. The van der Waals surface area contributed by atoms with Crippen LogP contribution in [0.2, 0.25) is 0 Å². The van der Waals surface area contributed by atoms with Crippen molar-refractivity contribution in [2.75, 3.05) is 0 Å². The third kappa shape index (κ3) is 1.18. The molecule has 0 fully saturated rings. The number of para-hydroxylation sites is 1. The highest BCUT2D eigenvalue weighted by Gasteiger charge is 2.09. The molecule has 16 heavy (non-hydrogen) atoms. The first-order valence-corrected chi connectivity index (χ1v) is 5.34. The number of fused-ring (bicyclic) bond motifs is 3. The number of hydrogen-bond donors (Lipinski definition) is 0. The summed E-state index contributed by atoms with van der Waals surface area (Å²) in [6.45, 7) is 5.92. The maximum Gasteiger partial charge on any atom is 0.142 e. The fourth-order valence-electron chi connectivity index (χ4n) is 2.15. The molecule has 0 saturated heterocycles. The molecule has 3 rings (SSSR count). The average molecular weight is 208 g/mol. The van der Waals surface area contributed by atoms with Crippen molar-refractivity contribution in [2.24, 2.45) is 0 Å². The smallest absolute Gasteiger partial charge is 0.142 e. The van der Waals surface area contributed by atoms with Gasteiger partial charge in [-0.05, 0) is 30.7 Å². The van der Waals surface area contributed by atoms with Gasteiger partial charge in [-0.3, -0.25) is 0 Å². The number of furan rings is 1. The van der Waals surface area contributed by atoms with Crippen LogP contribution in [0.25, 0.3) is 28.0 Å². The zero-order chi connectivity index (χ0) is 11.1. The second-order valence-corrected chi connectivity index (χ2v) is 4.03. The Bertz CT molecular complexity index is 689. The molecule has 0 unspecified atom stereocenters. The van der Waals surface area contributed by atoms with Gasteiger partial charge >= 0.3 is 0 Å². The van der Waals surface area contributed by atoms with Gasteiger partial charge in [-0.25, -0.2) is 0 Å². The van der Waals surface area contributed by atoms with E-state index in [4.69, 9.17) is 4.42 Å². The maximum atomic E-state index is 5.86. The topological polar surface area (TPSA) is 13.1 Å². The number of hydrogen-bond acceptors (Lipinski definition) is 1. The van der Waals surface area contributed by atoms with Crippen molar-refractivity contribution in [3.05, 3.63) is 54.1 Å². The van der Waals surface area contributed by atoms with Gasteiger partial charge in [-0.2, -0.15) is 0 Å². The highest BCUT2D eigenvalue weighted by atomic mass is 16.3. The van der Waals surface area contributed by atoms with Crippen LogP contribution in [-0.4, -0.2) is 0 Å². The number of benzene rings is 2. The average Bonchev–Trinajstić information content (AvgIpc) is 2.67. The number of aryl methyl sites for hydroxylation is 1. The molecule has 78 valence electrons. The van der Waals surface area contributed by atoms with Crippen molar-refractivity contribution in [1.82, 2.24) is 0 Å². The normalized spacial score (nSPS) is 11.1. The molecule has 1 aromatic heterocycles. The Labute approximate surface area is 94.0 Å². The highest BCUT2D eigenvalue weighted by molar-refractivity contribution is 6.07. The lowest BCUT2D eigenvalue weighted by atomic mass is 10.1. The summed E-state index contributed by atoms with van der Waals surface area (Å²) in [5.74, 6) is 0. The minimum absolute atomic E-state index is 0.932. The zero-order valence-corrected chi connectivity index (χ0v) is 9.16. The lowest BCUT2D eigenvalue weighted by molar-refractivity contribution is 0.668. The SMILES string of the molecule is C=Cc1cc(C)cc2c1oc1ccccc12. The molecule has 1 heteroatoms. The Morgan fingerprint density at radius 1 is 1.12 bits per heavy atom. The van der Waals surface area contributed by atoms with E-state index in [0.29, 0.717) is 0 Å². The first-order chi connectivity index (χ1) is 7.79. The summed E-state index contributed by atoms with van der Waals surface area (Å²) in [5.41, 5.74) is 4.16. The molecule has 1 nitrogen and oxygen atoms in total. The van der Waals surface area contributed by atoms with Crippen LogP contribution in [-0.2, 0) is 0 Å². The lowest BCUT2D eigenvalue weighted by Gasteiger charge is -1.97. The maximum absolute atomic E-state index is 5.86. The van der Waals surface area contributed by atoms with Crippen LogP contribution in [0.1, 0.15) is 11.1 Å². The van der Waals surface area contributed by atoms with Gasteiger partial charge in [0.05, 0.1) is 0 Å². The van der Waals surface area contributed by atoms with E-state index in [-0.39, 0.29) is 0 Å². The molecule has 0 amide bonds. The quantitative estimate of drug-likeness (QED) is 0.572. The zero-order valence-electron chi connectivity index (χ0n) is 9.16. The summed E-state index contributed by atoms with van der Waals surface area (Å²) in [5, 5.41) is 2.34. The van der Waals surface area contributed by atoms with Crippen molar-refractivity contribution in [3.8, 4) is 0 Å². The second kappa shape index (κ2) is 3.24. The first-order valence-electron chi connectivity index (χ1n) is 5.34. The van der Waals surface area contributed by atoms with E-state index in [1.165, 1.54) is 16.3 Å². The van der Waals surface area contributed by atoms with Crippen molar-refractivity contribution in [2.45, 2.75) is 6.92 Å². The van der Waals surface area contributed by atoms with Gasteiger partial charge in [0.2, 0.25) is 0 Å². The molecule has 1 heterocycles. The minimum Gasteiger partial charge on any atom is -0.455 e. The van der Waals surface area contributed by atoms with Gasteiger partial charge in [0, 0.05) is 16.3 Å². The predicted octanol–water partition coefficient (Wildman–Crippen LogP) is 4.54. The molecule has 0 atom stereocenters. The third-order valence-corrected chi connectivity index (χ3v) is 2.87. The molecule has 0 aliphatic carbocycles. The van der Waals surface area contributed by atoms with E-state index < -0.39 is 0 Å². The van der Waals surface area contributed by atoms with E-state index in [0.717, 1.165) is 16.7 Å². The summed E-state index contributed by atoms with van der Waals surface area (Å²) >= 11 is 0. The van der Waals surface area contributed by atoms with E-state index in [9.17, 15) is 0 Å². The molecule has 0 spiro atoms. The minimum atomic E-state index is 0.932. The van der Waals surface area contributed by atoms with E-state index in [2.05, 4.69) is 31.7 Å². The largest absolute Gasteiger partial charge is 0.455 e. The Morgan fingerprint density at radius 2 is 1.94 bits per heavy atom. The van der Waals surface area contributed by atoms with Gasteiger partial charge in [0.1, 0.15) is 11.2 Å². The fourth-order valence-corrected chi connectivity index (χ4v) is 2.15. The van der Waals surface area contributed by atoms with Crippen molar-refractivity contribution in [3.63, 3.8) is 0 Å². The first kappa shape index (κ1) is 9.22. The van der Waals surface area contributed by atoms with Gasteiger partial charge in [-0.15, -0.1) is 0 Å². The fraction of sp³-hybridized carbons (Fsp3) is 0.0667. The predicted molar refractivity (Wildman–Crippen MR) is 68.5 cm³/mol. The van der Waals surface area contributed by atoms with Crippen molar-refractivity contribution < 1.29 is 4.42 Å². The third-order valence-electron chi connectivity index (χ3n) is 2.87. The Morgan fingerprint density at radius 3 is 2.75 bits per heavy atom. The Hall–Kier alpha value is -2.02. The van der Waals surface area contributed by atoms with Crippen LogP contribution >= 0.6 is 0 Å². The molecular weight excluding hydrogens is 196 g/mol. The van der Waals surface area contributed by atoms with Crippen LogP contribution in [0.3, 0.4) is 0 Å². The van der Waals surface area contributed by atoms with Crippen molar-refractivity contribution >= 4 is 28.0 Å². The highest BCUT2D eigenvalue weighted by Crippen LogP contribution is 2.32. The molecule has 3 aromatic rings. The monoisotopic (exact) mass is 208 g/mol. The summed E-state index contributed by atoms with van der Waals surface area (Å²) in [6.07, 6.45) is 1.84. The summed E-state index contributed by atoms with van der Waals surface area (Å²) in [6, 6.07) is 12.4. The molecule has 0 N–H and O–H groups in total. The molecular formula is C15H12O. The standard InChI is InChI=1S/C15H12O/c1-3-11-8-10(2)9-13-12-6-4-5-7-14(12)16-15(11)13/h3-9H,1H2,2H3. The Balaban J connectivity index is 2.59. The Kier molecular flexibility index (Phi) is 1.87. The van der Waals surface area contributed by atoms with Crippen LogP contribution in [0, 0.1) is 6.92 Å². The van der Waals surface area contributed by atoms with Crippen LogP contribution in [0.5, 0.6) is 0 Å². The second-order valence-electron chi connectivity index (χ2n) is 4.03. The van der Waals surface area contributed by atoms with Gasteiger partial charge in [-0.1, -0.05) is 30.9 Å². The molecule has 0 bridgehead atoms. The van der Waals surface area contributed by atoms with Gasteiger partial charge in [0.15, 0.2) is 0 Å². The summed E-state index contributed by atoms with van der Waals surface area (Å²) in [4.78, 5) is 0. The lowest BCUT2D eigenvalue weighted by Crippen LogP contribution is -1.77. The van der Waals surface area contributed by atoms with Gasteiger partial charge in [0.25, 0.3) is 0 Å². The van der Waals surface area contributed by atoms with E-state index in [1.807, 2.05) is 24.3 Å². The summed E-state index contributed by atoms with van der Waals surface area (Å²) < 4.78 is 5.86. The summed E-state index contributed by atoms with van der Waals surface area (Å²) in [7, 11) is 0. The molecule has 0 saturated carbocycles.